The number of aliphatic imine (C=N–C) groups is 1. The van der Waals surface area contributed by atoms with E-state index in [0.717, 1.165) is 45.1 Å². The fourth-order valence-corrected chi connectivity index (χ4v) is 2.09. The summed E-state index contributed by atoms with van der Waals surface area (Å²) in [6, 6.07) is 6.30. The SMILES string of the molecule is CCNC(=NCCCNC(=O)c1cccc(O)c1)NCCCOCC. The summed E-state index contributed by atoms with van der Waals surface area (Å²) in [5.74, 6) is 0.669. The third kappa shape index (κ3) is 9.56. The normalized spacial score (nSPS) is 11.2. The zero-order chi connectivity index (χ0) is 18.3. The van der Waals surface area contributed by atoms with Crippen LogP contribution in [0.3, 0.4) is 0 Å². The topological polar surface area (TPSA) is 95.0 Å². The monoisotopic (exact) mass is 350 g/mol. The van der Waals surface area contributed by atoms with Crippen molar-refractivity contribution in [3.05, 3.63) is 29.8 Å². The summed E-state index contributed by atoms with van der Waals surface area (Å²) in [4.78, 5) is 16.4. The van der Waals surface area contributed by atoms with Crippen LogP contribution in [0.4, 0.5) is 0 Å². The number of amides is 1. The van der Waals surface area contributed by atoms with Crippen molar-refractivity contribution in [2.45, 2.75) is 26.7 Å². The Hall–Kier alpha value is -2.28. The summed E-state index contributed by atoms with van der Waals surface area (Å²) < 4.78 is 5.30. The number of hydrogen-bond donors (Lipinski definition) is 4. The number of aromatic hydroxyl groups is 1. The summed E-state index contributed by atoms with van der Waals surface area (Å²) >= 11 is 0. The van der Waals surface area contributed by atoms with Crippen LogP contribution in [0, 0.1) is 0 Å². The molecule has 140 valence electrons. The van der Waals surface area contributed by atoms with Crippen molar-refractivity contribution >= 4 is 11.9 Å². The Kier molecular flexibility index (Phi) is 10.8. The van der Waals surface area contributed by atoms with Gasteiger partial charge in [-0.05, 0) is 44.9 Å². The molecule has 7 nitrogen and oxygen atoms in total. The minimum absolute atomic E-state index is 0.0861. The second-order valence-electron chi connectivity index (χ2n) is 5.40. The molecule has 0 aliphatic rings. The molecular formula is C18H30N4O3. The lowest BCUT2D eigenvalue weighted by Gasteiger charge is -2.11. The highest BCUT2D eigenvalue weighted by atomic mass is 16.5. The minimum Gasteiger partial charge on any atom is -0.508 e. The molecule has 0 radical (unpaired) electrons. The highest BCUT2D eigenvalue weighted by molar-refractivity contribution is 5.94. The Bertz CT molecular complexity index is 535. The van der Waals surface area contributed by atoms with Crippen LogP contribution < -0.4 is 16.0 Å². The van der Waals surface area contributed by atoms with E-state index in [1.807, 2.05) is 13.8 Å². The fourth-order valence-electron chi connectivity index (χ4n) is 2.09. The van der Waals surface area contributed by atoms with Crippen molar-refractivity contribution in [3.8, 4) is 5.75 Å². The number of hydrogen-bond acceptors (Lipinski definition) is 4. The Balaban J connectivity index is 2.25. The molecule has 0 spiro atoms. The molecule has 25 heavy (non-hydrogen) atoms. The summed E-state index contributed by atoms with van der Waals surface area (Å²) in [7, 11) is 0. The van der Waals surface area contributed by atoms with Gasteiger partial charge in [0, 0.05) is 45.0 Å². The maximum absolute atomic E-state index is 11.9. The largest absolute Gasteiger partial charge is 0.508 e. The summed E-state index contributed by atoms with van der Waals surface area (Å²) in [5.41, 5.74) is 0.452. The van der Waals surface area contributed by atoms with E-state index in [9.17, 15) is 9.90 Å². The van der Waals surface area contributed by atoms with Gasteiger partial charge < -0.3 is 25.8 Å². The maximum atomic E-state index is 11.9. The van der Waals surface area contributed by atoms with Crippen molar-refractivity contribution in [1.82, 2.24) is 16.0 Å². The zero-order valence-electron chi connectivity index (χ0n) is 15.2. The molecule has 1 aromatic rings. The average Bonchev–Trinajstić information content (AvgIpc) is 2.61. The van der Waals surface area contributed by atoms with Crippen LogP contribution >= 0.6 is 0 Å². The molecule has 0 aliphatic carbocycles. The Morgan fingerprint density at radius 1 is 1.16 bits per heavy atom. The van der Waals surface area contributed by atoms with Gasteiger partial charge in [0.15, 0.2) is 5.96 Å². The van der Waals surface area contributed by atoms with Gasteiger partial charge in [0.2, 0.25) is 0 Å². The molecule has 0 saturated heterocycles. The van der Waals surface area contributed by atoms with Crippen LogP contribution in [-0.2, 0) is 4.74 Å². The molecular weight excluding hydrogens is 320 g/mol. The summed E-state index contributed by atoms with van der Waals surface area (Å²) in [6.07, 6.45) is 1.66. The number of phenols is 1. The van der Waals surface area contributed by atoms with Crippen LogP contribution in [0.1, 0.15) is 37.0 Å². The van der Waals surface area contributed by atoms with E-state index >= 15 is 0 Å². The number of nitrogens with zero attached hydrogens (tertiary/aromatic N) is 1. The first-order chi connectivity index (χ1) is 12.2. The number of ether oxygens (including phenoxy) is 1. The highest BCUT2D eigenvalue weighted by Gasteiger charge is 2.04. The smallest absolute Gasteiger partial charge is 0.251 e. The molecule has 4 N–H and O–H groups in total. The predicted octanol–water partition coefficient (Wildman–Crippen LogP) is 1.49. The number of nitrogens with one attached hydrogen (secondary N) is 3. The van der Waals surface area contributed by atoms with E-state index in [4.69, 9.17) is 4.74 Å². The lowest BCUT2D eigenvalue weighted by molar-refractivity contribution is 0.0953. The van der Waals surface area contributed by atoms with E-state index < -0.39 is 0 Å². The van der Waals surface area contributed by atoms with E-state index in [1.165, 1.54) is 12.1 Å². The standard InChI is InChI=1S/C18H30N4O3/c1-3-19-18(22-12-7-13-25-4-2)21-11-6-10-20-17(24)15-8-5-9-16(23)14-15/h5,8-9,14,23H,3-4,6-7,10-13H2,1-2H3,(H,20,24)(H2,19,21,22). The van der Waals surface area contributed by atoms with Gasteiger partial charge in [0.1, 0.15) is 5.75 Å². The highest BCUT2D eigenvalue weighted by Crippen LogP contribution is 2.10. The second-order valence-corrected chi connectivity index (χ2v) is 5.40. The number of phenolic OH excluding ortho intramolecular Hbond substituents is 1. The summed E-state index contributed by atoms with van der Waals surface area (Å²) in [5, 5.41) is 18.6. The van der Waals surface area contributed by atoms with Crippen molar-refractivity contribution < 1.29 is 14.6 Å². The maximum Gasteiger partial charge on any atom is 0.251 e. The Morgan fingerprint density at radius 3 is 2.68 bits per heavy atom. The van der Waals surface area contributed by atoms with Gasteiger partial charge in [-0.2, -0.15) is 0 Å². The van der Waals surface area contributed by atoms with Crippen molar-refractivity contribution in [2.24, 2.45) is 4.99 Å². The third-order valence-electron chi connectivity index (χ3n) is 3.30. The molecule has 0 bridgehead atoms. The van der Waals surface area contributed by atoms with Crippen LogP contribution in [0.25, 0.3) is 0 Å². The van der Waals surface area contributed by atoms with E-state index in [2.05, 4.69) is 20.9 Å². The lowest BCUT2D eigenvalue weighted by atomic mass is 10.2. The minimum atomic E-state index is -0.194. The first kappa shape index (κ1) is 20.8. The molecule has 0 unspecified atom stereocenters. The van der Waals surface area contributed by atoms with Crippen molar-refractivity contribution in [1.29, 1.82) is 0 Å². The van der Waals surface area contributed by atoms with Gasteiger partial charge >= 0.3 is 0 Å². The van der Waals surface area contributed by atoms with Gasteiger partial charge in [-0.3, -0.25) is 9.79 Å². The molecule has 0 atom stereocenters. The Labute approximate surface area is 149 Å². The van der Waals surface area contributed by atoms with Gasteiger partial charge in [-0.15, -0.1) is 0 Å². The molecule has 1 aromatic carbocycles. The molecule has 0 aromatic heterocycles. The quantitative estimate of drug-likeness (QED) is 0.276. The molecule has 7 heteroatoms. The zero-order valence-corrected chi connectivity index (χ0v) is 15.2. The number of benzene rings is 1. The van der Waals surface area contributed by atoms with Crippen molar-refractivity contribution in [2.75, 3.05) is 39.4 Å². The van der Waals surface area contributed by atoms with E-state index in [-0.39, 0.29) is 11.7 Å². The van der Waals surface area contributed by atoms with Crippen molar-refractivity contribution in [3.63, 3.8) is 0 Å². The summed E-state index contributed by atoms with van der Waals surface area (Å²) in [6.45, 7) is 8.23. The molecule has 1 amide bonds. The predicted molar refractivity (Wildman–Crippen MR) is 100 cm³/mol. The lowest BCUT2D eigenvalue weighted by Crippen LogP contribution is -2.38. The number of guanidine groups is 1. The van der Waals surface area contributed by atoms with Gasteiger partial charge in [0.05, 0.1) is 0 Å². The first-order valence-corrected chi connectivity index (χ1v) is 8.84. The van der Waals surface area contributed by atoms with Gasteiger partial charge in [-0.1, -0.05) is 6.07 Å². The fraction of sp³-hybridized carbons (Fsp3) is 0.556. The van der Waals surface area contributed by atoms with Gasteiger partial charge in [-0.25, -0.2) is 0 Å². The average molecular weight is 350 g/mol. The Morgan fingerprint density at radius 2 is 1.96 bits per heavy atom. The number of carbonyl (C=O) groups excluding carboxylic acids is 1. The van der Waals surface area contributed by atoms with E-state index in [1.54, 1.807) is 12.1 Å². The first-order valence-electron chi connectivity index (χ1n) is 8.84. The molecule has 0 heterocycles. The molecule has 1 rings (SSSR count). The molecule has 0 fully saturated rings. The van der Waals surface area contributed by atoms with Crippen LogP contribution in [0.15, 0.2) is 29.3 Å². The number of carbonyl (C=O) groups is 1. The number of rotatable bonds is 11. The third-order valence-corrected chi connectivity index (χ3v) is 3.30. The molecule has 0 aliphatic heterocycles. The van der Waals surface area contributed by atoms with Gasteiger partial charge in [0.25, 0.3) is 5.91 Å². The second kappa shape index (κ2) is 13.1. The van der Waals surface area contributed by atoms with Crippen LogP contribution in [0.5, 0.6) is 5.75 Å². The molecule has 0 saturated carbocycles. The van der Waals surface area contributed by atoms with E-state index in [0.29, 0.717) is 18.7 Å². The van der Waals surface area contributed by atoms with Crippen LogP contribution in [0.2, 0.25) is 0 Å². The van der Waals surface area contributed by atoms with Crippen LogP contribution in [-0.4, -0.2) is 56.4 Å².